The molecule has 1 fully saturated rings. The van der Waals surface area contributed by atoms with Crippen LogP contribution in [0.1, 0.15) is 23.2 Å². The van der Waals surface area contributed by atoms with Crippen molar-refractivity contribution in [1.82, 2.24) is 10.0 Å². The van der Waals surface area contributed by atoms with E-state index in [2.05, 4.69) is 10.0 Å². The molecule has 7 nitrogen and oxygen atoms in total. The molecule has 0 aromatic heterocycles. The van der Waals surface area contributed by atoms with Gasteiger partial charge in [-0.3, -0.25) is 4.79 Å². The standard InChI is InChI=1S/C12H13FN2O5S/c13-10-3-2-8(5-9(10)12(17)18)21(19,20)15-7-1-4-11(16)14-6-7/h2-3,5,7,15H,1,4,6H2,(H,14,16)(H,17,18). The Morgan fingerprint density at radius 3 is 2.71 bits per heavy atom. The van der Waals surface area contributed by atoms with E-state index in [1.54, 1.807) is 0 Å². The fourth-order valence-electron chi connectivity index (χ4n) is 1.96. The average Bonchev–Trinajstić information content (AvgIpc) is 2.41. The minimum atomic E-state index is -3.98. The maximum absolute atomic E-state index is 13.3. The number of carboxylic acid groups (broad SMARTS) is 1. The van der Waals surface area contributed by atoms with Crippen LogP contribution in [-0.2, 0) is 14.8 Å². The summed E-state index contributed by atoms with van der Waals surface area (Å²) >= 11 is 0. The van der Waals surface area contributed by atoms with Gasteiger partial charge in [0.15, 0.2) is 0 Å². The fraction of sp³-hybridized carbons (Fsp3) is 0.333. The lowest BCUT2D eigenvalue weighted by atomic mass is 10.1. The van der Waals surface area contributed by atoms with Crippen molar-refractivity contribution < 1.29 is 27.5 Å². The summed E-state index contributed by atoms with van der Waals surface area (Å²) in [5.41, 5.74) is -0.713. The van der Waals surface area contributed by atoms with Crippen LogP contribution < -0.4 is 10.0 Å². The number of aromatic carboxylic acids is 1. The molecule has 0 bridgehead atoms. The number of amides is 1. The van der Waals surface area contributed by atoms with Gasteiger partial charge >= 0.3 is 5.97 Å². The Balaban J connectivity index is 2.21. The number of carbonyl (C=O) groups excluding carboxylic acids is 1. The zero-order chi connectivity index (χ0) is 15.6. The van der Waals surface area contributed by atoms with Gasteiger partial charge in [0.1, 0.15) is 5.82 Å². The largest absolute Gasteiger partial charge is 0.478 e. The van der Waals surface area contributed by atoms with Crippen molar-refractivity contribution in [3.05, 3.63) is 29.6 Å². The number of hydrogen-bond acceptors (Lipinski definition) is 4. The summed E-state index contributed by atoms with van der Waals surface area (Å²) in [6.45, 7) is 0.158. The third-order valence-corrected chi connectivity index (χ3v) is 4.58. The second-order valence-electron chi connectivity index (χ2n) is 4.61. The second kappa shape index (κ2) is 5.78. The Kier molecular flexibility index (Phi) is 4.24. The molecule has 1 saturated heterocycles. The number of benzene rings is 1. The van der Waals surface area contributed by atoms with E-state index in [1.165, 1.54) is 0 Å². The summed E-state index contributed by atoms with van der Waals surface area (Å²) in [4.78, 5) is 21.5. The third kappa shape index (κ3) is 3.56. The van der Waals surface area contributed by atoms with Crippen molar-refractivity contribution in [1.29, 1.82) is 0 Å². The van der Waals surface area contributed by atoms with E-state index in [4.69, 9.17) is 5.11 Å². The van der Waals surface area contributed by atoms with Gasteiger partial charge in [-0.25, -0.2) is 22.3 Å². The number of piperidine rings is 1. The molecule has 1 heterocycles. The van der Waals surface area contributed by atoms with Crippen molar-refractivity contribution in [2.75, 3.05) is 6.54 Å². The Bertz CT molecular complexity index is 679. The van der Waals surface area contributed by atoms with Crippen molar-refractivity contribution in [3.63, 3.8) is 0 Å². The summed E-state index contributed by atoms with van der Waals surface area (Å²) in [6.07, 6.45) is 0.551. The molecule has 0 radical (unpaired) electrons. The van der Waals surface area contributed by atoms with Crippen molar-refractivity contribution in [3.8, 4) is 0 Å². The molecule has 1 aliphatic heterocycles. The number of sulfonamides is 1. The lowest BCUT2D eigenvalue weighted by Crippen LogP contribution is -2.47. The second-order valence-corrected chi connectivity index (χ2v) is 6.32. The molecule has 1 aromatic rings. The average molecular weight is 316 g/mol. The number of carboxylic acids is 1. The number of hydrogen-bond donors (Lipinski definition) is 3. The molecule has 1 aromatic carbocycles. The SMILES string of the molecule is O=C1CCC(NS(=O)(=O)c2ccc(F)c(C(=O)O)c2)CN1. The fourth-order valence-corrected chi connectivity index (χ4v) is 3.25. The number of nitrogens with one attached hydrogen (secondary N) is 2. The van der Waals surface area contributed by atoms with Gasteiger partial charge in [0.05, 0.1) is 10.5 Å². The van der Waals surface area contributed by atoms with Gasteiger partial charge in [-0.2, -0.15) is 0 Å². The van der Waals surface area contributed by atoms with Gasteiger partial charge in [0, 0.05) is 19.0 Å². The van der Waals surface area contributed by atoms with E-state index in [9.17, 15) is 22.4 Å². The maximum atomic E-state index is 13.3. The first kappa shape index (κ1) is 15.4. The van der Waals surface area contributed by atoms with E-state index in [0.717, 1.165) is 18.2 Å². The predicted octanol–water partition coefficient (Wildman–Crippen LogP) is 0.0808. The predicted molar refractivity (Wildman–Crippen MR) is 69.7 cm³/mol. The lowest BCUT2D eigenvalue weighted by Gasteiger charge is -2.23. The van der Waals surface area contributed by atoms with Crippen LogP contribution >= 0.6 is 0 Å². The molecule has 3 N–H and O–H groups in total. The Hall–Kier alpha value is -2.00. The molecule has 0 saturated carbocycles. The van der Waals surface area contributed by atoms with E-state index in [0.29, 0.717) is 6.42 Å². The molecule has 114 valence electrons. The molecule has 21 heavy (non-hydrogen) atoms. The van der Waals surface area contributed by atoms with Crippen LogP contribution in [0.3, 0.4) is 0 Å². The molecule has 1 atom stereocenters. The topological polar surface area (TPSA) is 113 Å². The highest BCUT2D eigenvalue weighted by molar-refractivity contribution is 7.89. The first-order valence-electron chi connectivity index (χ1n) is 6.11. The highest BCUT2D eigenvalue weighted by Crippen LogP contribution is 2.16. The lowest BCUT2D eigenvalue weighted by molar-refractivity contribution is -0.122. The van der Waals surface area contributed by atoms with Crippen molar-refractivity contribution in [2.24, 2.45) is 0 Å². The Labute approximate surface area is 120 Å². The maximum Gasteiger partial charge on any atom is 0.338 e. The van der Waals surface area contributed by atoms with Crippen LogP contribution in [-0.4, -0.2) is 38.0 Å². The molecular formula is C12H13FN2O5S. The third-order valence-electron chi connectivity index (χ3n) is 3.07. The Morgan fingerprint density at radius 2 is 2.14 bits per heavy atom. The molecule has 0 aliphatic carbocycles. The summed E-state index contributed by atoms with van der Waals surface area (Å²) < 4.78 is 39.9. The van der Waals surface area contributed by atoms with Crippen LogP contribution in [0.4, 0.5) is 4.39 Å². The van der Waals surface area contributed by atoms with Crippen LogP contribution in [0.2, 0.25) is 0 Å². The van der Waals surface area contributed by atoms with E-state index < -0.39 is 33.4 Å². The highest BCUT2D eigenvalue weighted by Gasteiger charge is 2.25. The summed E-state index contributed by atoms with van der Waals surface area (Å²) in [5.74, 6) is -2.71. The molecular weight excluding hydrogens is 303 g/mol. The van der Waals surface area contributed by atoms with Gasteiger partial charge in [-0.15, -0.1) is 0 Å². The molecule has 2 rings (SSSR count). The van der Waals surface area contributed by atoms with Crippen LogP contribution in [0.15, 0.2) is 23.1 Å². The van der Waals surface area contributed by atoms with E-state index in [-0.39, 0.29) is 23.8 Å². The van der Waals surface area contributed by atoms with Gasteiger partial charge in [-0.05, 0) is 24.6 Å². The van der Waals surface area contributed by atoms with Crippen molar-refractivity contribution in [2.45, 2.75) is 23.8 Å². The smallest absolute Gasteiger partial charge is 0.338 e. The first-order valence-corrected chi connectivity index (χ1v) is 7.60. The van der Waals surface area contributed by atoms with E-state index in [1.807, 2.05) is 0 Å². The number of halogens is 1. The molecule has 1 unspecified atom stereocenters. The number of rotatable bonds is 4. The number of carbonyl (C=O) groups is 2. The van der Waals surface area contributed by atoms with E-state index >= 15 is 0 Å². The monoisotopic (exact) mass is 316 g/mol. The molecule has 0 spiro atoms. The van der Waals surface area contributed by atoms with Crippen LogP contribution in [0.5, 0.6) is 0 Å². The van der Waals surface area contributed by atoms with Gasteiger partial charge in [0.25, 0.3) is 0 Å². The summed E-state index contributed by atoms with van der Waals surface area (Å²) in [5, 5.41) is 11.3. The zero-order valence-corrected chi connectivity index (χ0v) is 11.6. The van der Waals surface area contributed by atoms with Gasteiger partial charge in [0.2, 0.25) is 15.9 Å². The summed E-state index contributed by atoms with van der Waals surface area (Å²) in [7, 11) is -3.98. The van der Waals surface area contributed by atoms with Crippen LogP contribution in [0.25, 0.3) is 0 Å². The quantitative estimate of drug-likeness (QED) is 0.728. The van der Waals surface area contributed by atoms with Crippen LogP contribution in [0, 0.1) is 5.82 Å². The summed E-state index contributed by atoms with van der Waals surface area (Å²) in [6, 6.07) is 2.07. The van der Waals surface area contributed by atoms with Crippen molar-refractivity contribution >= 4 is 21.9 Å². The minimum absolute atomic E-state index is 0.152. The normalized spacial score (nSPS) is 19.1. The molecule has 1 aliphatic rings. The van der Waals surface area contributed by atoms with Gasteiger partial charge in [-0.1, -0.05) is 0 Å². The van der Waals surface area contributed by atoms with Gasteiger partial charge < -0.3 is 10.4 Å². The highest BCUT2D eigenvalue weighted by atomic mass is 32.2. The molecule has 9 heteroatoms. The molecule has 1 amide bonds. The first-order chi connectivity index (χ1) is 9.79. The minimum Gasteiger partial charge on any atom is -0.478 e. The Morgan fingerprint density at radius 1 is 1.43 bits per heavy atom. The zero-order valence-electron chi connectivity index (χ0n) is 10.8.